The molecule has 0 bridgehead atoms. The molecule has 0 aromatic carbocycles. The van der Waals surface area contributed by atoms with Crippen LogP contribution in [-0.2, 0) is 0 Å². The van der Waals surface area contributed by atoms with Gasteiger partial charge in [0.25, 0.3) is 6.43 Å². The van der Waals surface area contributed by atoms with E-state index in [1.807, 2.05) is 0 Å². The Morgan fingerprint density at radius 3 is 2.67 bits per heavy atom. The van der Waals surface area contributed by atoms with Crippen molar-refractivity contribution >= 4 is 5.97 Å². The second-order valence-electron chi connectivity index (χ2n) is 3.41. The summed E-state index contributed by atoms with van der Waals surface area (Å²) in [6.07, 6.45) is -0.147. The van der Waals surface area contributed by atoms with E-state index in [4.69, 9.17) is 5.11 Å². The molecule has 1 heterocycles. The van der Waals surface area contributed by atoms with Gasteiger partial charge in [-0.05, 0) is 12.8 Å². The minimum Gasteiger partial charge on any atom is -0.478 e. The van der Waals surface area contributed by atoms with Crippen LogP contribution in [0.25, 0.3) is 0 Å². The van der Waals surface area contributed by atoms with E-state index >= 15 is 0 Å². The van der Waals surface area contributed by atoms with Crippen molar-refractivity contribution in [3.63, 3.8) is 0 Å². The summed E-state index contributed by atoms with van der Waals surface area (Å²) < 4.78 is 25.0. The van der Waals surface area contributed by atoms with Gasteiger partial charge >= 0.3 is 5.97 Å². The molecule has 0 unspecified atom stereocenters. The van der Waals surface area contributed by atoms with Crippen LogP contribution in [0.5, 0.6) is 0 Å². The van der Waals surface area contributed by atoms with Gasteiger partial charge in [-0.2, -0.15) is 0 Å². The van der Waals surface area contributed by atoms with Gasteiger partial charge in [-0.25, -0.2) is 23.5 Å². The van der Waals surface area contributed by atoms with Crippen LogP contribution >= 0.6 is 0 Å². The lowest BCUT2D eigenvalue weighted by molar-refractivity contribution is 0.0681. The van der Waals surface area contributed by atoms with Gasteiger partial charge < -0.3 is 5.11 Å². The molecular formula is C9H8F2N2O2. The molecule has 0 atom stereocenters. The highest BCUT2D eigenvalue weighted by Crippen LogP contribution is 2.38. The lowest BCUT2D eigenvalue weighted by atomic mass is 10.2. The Hall–Kier alpha value is -1.59. The van der Waals surface area contributed by atoms with E-state index < -0.39 is 23.7 Å². The van der Waals surface area contributed by atoms with Crippen molar-refractivity contribution in [2.45, 2.75) is 25.2 Å². The zero-order valence-electron chi connectivity index (χ0n) is 7.65. The Bertz CT molecular complexity index is 405. The molecule has 1 fully saturated rings. The van der Waals surface area contributed by atoms with Crippen LogP contribution in [-0.4, -0.2) is 21.0 Å². The lowest BCUT2D eigenvalue weighted by Crippen LogP contribution is -2.09. The first-order chi connectivity index (χ1) is 7.09. The smallest absolute Gasteiger partial charge is 0.339 e. The van der Waals surface area contributed by atoms with E-state index in [1.165, 1.54) is 0 Å². The predicted octanol–water partition coefficient (Wildman–Crippen LogP) is 1.99. The molecule has 6 heteroatoms. The summed E-state index contributed by atoms with van der Waals surface area (Å²) in [6, 6.07) is 0. The summed E-state index contributed by atoms with van der Waals surface area (Å²) in [5, 5.41) is 8.65. The number of nitrogens with zero attached hydrogens (tertiary/aromatic N) is 2. The van der Waals surface area contributed by atoms with Gasteiger partial charge in [-0.15, -0.1) is 0 Å². The predicted molar refractivity (Wildman–Crippen MR) is 45.9 cm³/mol. The quantitative estimate of drug-likeness (QED) is 0.835. The molecule has 1 aliphatic carbocycles. The first-order valence-electron chi connectivity index (χ1n) is 4.48. The molecule has 80 valence electrons. The van der Waals surface area contributed by atoms with Gasteiger partial charge in [0.1, 0.15) is 17.1 Å². The lowest BCUT2D eigenvalue weighted by Gasteiger charge is -2.05. The van der Waals surface area contributed by atoms with Crippen molar-refractivity contribution < 1.29 is 18.7 Å². The monoisotopic (exact) mass is 214 g/mol. The Balaban J connectivity index is 2.43. The van der Waals surface area contributed by atoms with Crippen LogP contribution in [0.3, 0.4) is 0 Å². The summed E-state index contributed by atoms with van der Waals surface area (Å²) in [5.74, 6) is -0.965. The van der Waals surface area contributed by atoms with Gasteiger partial charge in [-0.3, -0.25) is 0 Å². The van der Waals surface area contributed by atoms with Gasteiger partial charge in [-0.1, -0.05) is 0 Å². The number of hydrogen-bond acceptors (Lipinski definition) is 3. The molecule has 0 spiro atoms. The molecule has 0 radical (unpaired) electrons. The Kier molecular flexibility index (Phi) is 2.34. The van der Waals surface area contributed by atoms with E-state index in [-0.39, 0.29) is 5.92 Å². The molecule has 15 heavy (non-hydrogen) atoms. The summed E-state index contributed by atoms with van der Waals surface area (Å²) in [5.41, 5.74) is -1.20. The Labute approximate surface area is 84.0 Å². The largest absolute Gasteiger partial charge is 0.478 e. The zero-order chi connectivity index (χ0) is 11.0. The second kappa shape index (κ2) is 3.52. The van der Waals surface area contributed by atoms with Gasteiger partial charge in [0.05, 0.1) is 0 Å². The molecule has 2 rings (SSSR count). The van der Waals surface area contributed by atoms with Crippen LogP contribution in [0.1, 0.15) is 47.1 Å². The van der Waals surface area contributed by atoms with Crippen molar-refractivity contribution in [2.24, 2.45) is 0 Å². The van der Waals surface area contributed by atoms with E-state index in [0.717, 1.165) is 19.0 Å². The normalized spacial score (nSPS) is 15.7. The molecule has 0 aliphatic heterocycles. The fourth-order valence-electron chi connectivity index (χ4n) is 1.28. The Morgan fingerprint density at radius 1 is 1.53 bits per heavy atom. The third-order valence-electron chi connectivity index (χ3n) is 2.22. The average Bonchev–Trinajstić information content (AvgIpc) is 2.99. The van der Waals surface area contributed by atoms with Crippen LogP contribution in [0.2, 0.25) is 0 Å². The molecule has 0 saturated heterocycles. The number of alkyl halides is 2. The SMILES string of the molecule is O=C(O)c1cnc(C2CC2)nc1C(F)F. The fourth-order valence-corrected chi connectivity index (χ4v) is 1.28. The minimum atomic E-state index is -2.88. The molecule has 1 aromatic heterocycles. The highest BCUT2D eigenvalue weighted by Gasteiger charge is 2.29. The molecule has 4 nitrogen and oxygen atoms in total. The number of aromatic carboxylic acids is 1. The van der Waals surface area contributed by atoms with Crippen molar-refractivity contribution in [3.8, 4) is 0 Å². The number of halogens is 2. The standard InChI is InChI=1S/C9H8F2N2O2/c10-7(11)6-5(9(14)15)3-12-8(13-6)4-1-2-4/h3-4,7H,1-2H2,(H,14,15). The summed E-state index contributed by atoms with van der Waals surface area (Å²) in [6.45, 7) is 0. The Morgan fingerprint density at radius 2 is 2.20 bits per heavy atom. The molecule has 1 saturated carbocycles. The van der Waals surface area contributed by atoms with Gasteiger partial charge in [0, 0.05) is 12.1 Å². The second-order valence-corrected chi connectivity index (χ2v) is 3.41. The number of carboxylic acid groups (broad SMARTS) is 1. The summed E-state index contributed by atoms with van der Waals surface area (Å²) in [4.78, 5) is 18.0. The maximum Gasteiger partial charge on any atom is 0.339 e. The van der Waals surface area contributed by atoms with Crippen LogP contribution in [0.15, 0.2) is 6.20 Å². The van der Waals surface area contributed by atoms with Crippen LogP contribution < -0.4 is 0 Å². The zero-order valence-corrected chi connectivity index (χ0v) is 7.65. The molecular weight excluding hydrogens is 206 g/mol. The molecule has 0 amide bonds. The maximum atomic E-state index is 12.5. The van der Waals surface area contributed by atoms with E-state index in [9.17, 15) is 13.6 Å². The summed E-state index contributed by atoms with van der Waals surface area (Å²) >= 11 is 0. The van der Waals surface area contributed by atoms with Crippen molar-refractivity contribution in [3.05, 3.63) is 23.3 Å². The number of hydrogen-bond donors (Lipinski definition) is 1. The average molecular weight is 214 g/mol. The van der Waals surface area contributed by atoms with Crippen molar-refractivity contribution in [2.75, 3.05) is 0 Å². The number of aromatic nitrogens is 2. The highest BCUT2D eigenvalue weighted by atomic mass is 19.3. The third-order valence-corrected chi connectivity index (χ3v) is 2.22. The van der Waals surface area contributed by atoms with Crippen molar-refractivity contribution in [1.29, 1.82) is 0 Å². The fraction of sp³-hybridized carbons (Fsp3) is 0.444. The first kappa shape index (κ1) is 9.95. The van der Waals surface area contributed by atoms with E-state index in [0.29, 0.717) is 5.82 Å². The first-order valence-corrected chi connectivity index (χ1v) is 4.48. The third kappa shape index (κ3) is 1.93. The minimum absolute atomic E-state index is 0.130. The van der Waals surface area contributed by atoms with Gasteiger partial charge in [0.2, 0.25) is 0 Å². The van der Waals surface area contributed by atoms with Crippen LogP contribution in [0, 0.1) is 0 Å². The van der Waals surface area contributed by atoms with Crippen LogP contribution in [0.4, 0.5) is 8.78 Å². The summed E-state index contributed by atoms with van der Waals surface area (Å²) in [7, 11) is 0. The highest BCUT2D eigenvalue weighted by molar-refractivity contribution is 5.88. The molecule has 1 aromatic rings. The van der Waals surface area contributed by atoms with E-state index in [2.05, 4.69) is 9.97 Å². The topological polar surface area (TPSA) is 63.1 Å². The van der Waals surface area contributed by atoms with Crippen molar-refractivity contribution in [1.82, 2.24) is 9.97 Å². The number of carboxylic acids is 1. The molecule has 1 N–H and O–H groups in total. The van der Waals surface area contributed by atoms with Gasteiger partial charge in [0.15, 0.2) is 0 Å². The molecule has 1 aliphatic rings. The number of carbonyl (C=O) groups is 1. The number of rotatable bonds is 3. The van der Waals surface area contributed by atoms with E-state index in [1.54, 1.807) is 0 Å². The maximum absolute atomic E-state index is 12.5.